The molecule has 0 radical (unpaired) electrons. The number of nitrogens with two attached hydrogens (primary N) is 1. The molecule has 3 nitrogen and oxygen atoms in total. The Morgan fingerprint density at radius 1 is 1.06 bits per heavy atom. The van der Waals surface area contributed by atoms with Crippen molar-refractivity contribution in [2.75, 3.05) is 6.26 Å². The summed E-state index contributed by atoms with van der Waals surface area (Å²) in [4.78, 5) is 0. The van der Waals surface area contributed by atoms with Crippen LogP contribution >= 0.6 is 0 Å². The first-order valence-electron chi connectivity index (χ1n) is 6.09. The van der Waals surface area contributed by atoms with Gasteiger partial charge in [-0.2, -0.15) is 0 Å². The van der Waals surface area contributed by atoms with E-state index in [-0.39, 0.29) is 0 Å². The van der Waals surface area contributed by atoms with Crippen LogP contribution in [0, 0.1) is 27.7 Å². The highest BCUT2D eigenvalue weighted by Gasteiger charge is 2.27. The topological polar surface area (TPSA) is 60.2 Å². The molecule has 0 aliphatic carbocycles. The maximum absolute atomic E-state index is 11.7. The Morgan fingerprint density at radius 3 is 1.78 bits per heavy atom. The minimum absolute atomic E-state index is 0.474. The van der Waals surface area contributed by atoms with Crippen LogP contribution in [0.4, 0.5) is 0 Å². The van der Waals surface area contributed by atoms with Crippen LogP contribution in [0.2, 0.25) is 0 Å². The zero-order chi connectivity index (χ0) is 14.2. The summed E-state index contributed by atoms with van der Waals surface area (Å²) < 4.78 is 23.3. The summed E-state index contributed by atoms with van der Waals surface area (Å²) in [7, 11) is -3.13. The predicted molar refractivity (Wildman–Crippen MR) is 76.6 cm³/mol. The molecule has 4 heteroatoms. The van der Waals surface area contributed by atoms with Crippen molar-refractivity contribution in [2.24, 2.45) is 5.73 Å². The number of sulfone groups is 1. The number of benzene rings is 1. The maximum Gasteiger partial charge on any atom is 0.151 e. The fourth-order valence-electron chi connectivity index (χ4n) is 2.25. The second kappa shape index (κ2) is 5.02. The van der Waals surface area contributed by atoms with Crippen molar-refractivity contribution in [1.29, 1.82) is 0 Å². The van der Waals surface area contributed by atoms with E-state index in [1.54, 1.807) is 6.92 Å². The lowest BCUT2D eigenvalue weighted by atomic mass is 9.89. The van der Waals surface area contributed by atoms with E-state index in [1.165, 1.54) is 6.26 Å². The minimum atomic E-state index is -3.13. The molecule has 0 aliphatic rings. The summed E-state index contributed by atoms with van der Waals surface area (Å²) >= 11 is 0. The van der Waals surface area contributed by atoms with E-state index in [4.69, 9.17) is 5.73 Å². The van der Waals surface area contributed by atoms with E-state index in [1.807, 2.05) is 27.7 Å². The van der Waals surface area contributed by atoms with Gasteiger partial charge in [-0.05, 0) is 62.4 Å². The Balaban J connectivity index is 3.42. The van der Waals surface area contributed by atoms with Crippen molar-refractivity contribution in [1.82, 2.24) is 0 Å². The molecule has 0 heterocycles. The third kappa shape index (κ3) is 2.75. The van der Waals surface area contributed by atoms with Gasteiger partial charge in [-0.1, -0.05) is 6.07 Å². The first-order valence-corrected chi connectivity index (χ1v) is 8.04. The normalized spacial score (nSPS) is 15.5. The average Bonchev–Trinajstić information content (AvgIpc) is 2.24. The Bertz CT molecular complexity index is 535. The molecule has 1 rings (SSSR count). The Labute approximate surface area is 110 Å². The van der Waals surface area contributed by atoms with Gasteiger partial charge >= 0.3 is 0 Å². The third-order valence-electron chi connectivity index (χ3n) is 3.94. The summed E-state index contributed by atoms with van der Waals surface area (Å²) in [6, 6.07) is 1.64. The van der Waals surface area contributed by atoms with E-state index in [0.29, 0.717) is 0 Å². The van der Waals surface area contributed by atoms with Crippen LogP contribution in [-0.2, 0) is 9.84 Å². The molecule has 2 unspecified atom stereocenters. The highest BCUT2D eigenvalue weighted by atomic mass is 32.2. The lowest BCUT2D eigenvalue weighted by molar-refractivity contribution is 0.569. The molecular weight excluding hydrogens is 246 g/mol. The zero-order valence-electron chi connectivity index (χ0n) is 12.0. The summed E-state index contributed by atoms with van der Waals surface area (Å²) in [5.74, 6) is 0. The maximum atomic E-state index is 11.7. The second-order valence-electron chi connectivity index (χ2n) is 5.23. The van der Waals surface area contributed by atoms with Crippen LogP contribution in [0.25, 0.3) is 0 Å². The minimum Gasteiger partial charge on any atom is -0.323 e. The molecule has 0 saturated carbocycles. The molecule has 0 aliphatic heterocycles. The van der Waals surface area contributed by atoms with Gasteiger partial charge < -0.3 is 5.73 Å². The first-order chi connectivity index (χ1) is 8.07. The van der Waals surface area contributed by atoms with Gasteiger partial charge in [0.15, 0.2) is 9.84 Å². The highest BCUT2D eigenvalue weighted by molar-refractivity contribution is 7.91. The smallest absolute Gasteiger partial charge is 0.151 e. The molecule has 0 spiro atoms. The molecule has 102 valence electrons. The van der Waals surface area contributed by atoms with Crippen LogP contribution in [0.15, 0.2) is 6.07 Å². The fourth-order valence-corrected chi connectivity index (χ4v) is 2.92. The Hall–Kier alpha value is -0.870. The molecular formula is C14H23NO2S. The Kier molecular flexibility index (Phi) is 4.23. The highest BCUT2D eigenvalue weighted by Crippen LogP contribution is 2.29. The molecule has 0 fully saturated rings. The molecule has 0 saturated heterocycles. The van der Waals surface area contributed by atoms with Gasteiger partial charge in [0.25, 0.3) is 0 Å². The number of rotatable bonds is 3. The van der Waals surface area contributed by atoms with Crippen LogP contribution in [-0.4, -0.2) is 19.9 Å². The monoisotopic (exact) mass is 269 g/mol. The van der Waals surface area contributed by atoms with Crippen molar-refractivity contribution in [3.05, 3.63) is 33.9 Å². The van der Waals surface area contributed by atoms with Crippen molar-refractivity contribution in [3.63, 3.8) is 0 Å². The van der Waals surface area contributed by atoms with Crippen LogP contribution in [0.5, 0.6) is 0 Å². The summed E-state index contributed by atoms with van der Waals surface area (Å²) in [5, 5.41) is -0.573. The van der Waals surface area contributed by atoms with Crippen molar-refractivity contribution in [3.8, 4) is 0 Å². The fraction of sp³-hybridized carbons (Fsp3) is 0.571. The van der Waals surface area contributed by atoms with Gasteiger partial charge in [-0.3, -0.25) is 0 Å². The third-order valence-corrected chi connectivity index (χ3v) is 5.58. The molecule has 0 amide bonds. The number of hydrogen-bond acceptors (Lipinski definition) is 3. The zero-order valence-corrected chi connectivity index (χ0v) is 12.9. The van der Waals surface area contributed by atoms with Crippen molar-refractivity contribution < 1.29 is 8.42 Å². The van der Waals surface area contributed by atoms with Gasteiger partial charge in [0, 0.05) is 12.3 Å². The van der Waals surface area contributed by atoms with E-state index < -0.39 is 21.1 Å². The van der Waals surface area contributed by atoms with Crippen LogP contribution < -0.4 is 5.73 Å². The van der Waals surface area contributed by atoms with Crippen LogP contribution in [0.1, 0.15) is 40.8 Å². The molecule has 2 N–H and O–H groups in total. The second-order valence-corrected chi connectivity index (χ2v) is 7.64. The average molecular weight is 269 g/mol. The van der Waals surface area contributed by atoms with E-state index in [9.17, 15) is 8.42 Å². The summed E-state index contributed by atoms with van der Waals surface area (Å²) in [6.45, 7) is 9.75. The van der Waals surface area contributed by atoms with Crippen molar-refractivity contribution in [2.45, 2.75) is 45.9 Å². The van der Waals surface area contributed by atoms with E-state index in [0.717, 1.165) is 27.8 Å². The lowest BCUT2D eigenvalue weighted by Gasteiger charge is -2.24. The Morgan fingerprint density at radius 2 is 1.44 bits per heavy atom. The molecule has 1 aromatic rings. The van der Waals surface area contributed by atoms with Gasteiger partial charge in [0.1, 0.15) is 0 Å². The lowest BCUT2D eigenvalue weighted by Crippen LogP contribution is -2.31. The molecule has 18 heavy (non-hydrogen) atoms. The van der Waals surface area contributed by atoms with Crippen molar-refractivity contribution >= 4 is 9.84 Å². The number of hydrogen-bond donors (Lipinski definition) is 1. The molecule has 0 aromatic heterocycles. The quantitative estimate of drug-likeness (QED) is 0.916. The first kappa shape index (κ1) is 15.2. The van der Waals surface area contributed by atoms with Gasteiger partial charge in [-0.15, -0.1) is 0 Å². The summed E-state index contributed by atoms with van der Waals surface area (Å²) in [6.07, 6.45) is 1.24. The van der Waals surface area contributed by atoms with Gasteiger partial charge in [0.2, 0.25) is 0 Å². The molecule has 0 bridgehead atoms. The summed E-state index contributed by atoms with van der Waals surface area (Å²) in [5.41, 5.74) is 11.7. The molecule has 2 atom stereocenters. The SMILES string of the molecule is Cc1cc(C)c(C)c(C(N)C(C)S(C)(=O)=O)c1C. The standard InChI is InChI=1S/C14H23NO2S/c1-8-7-9(2)11(4)13(10(8)3)14(15)12(5)18(6,16)17/h7,12,14H,15H2,1-6H3. The van der Waals surface area contributed by atoms with Gasteiger partial charge in [-0.25, -0.2) is 8.42 Å². The largest absolute Gasteiger partial charge is 0.323 e. The van der Waals surface area contributed by atoms with E-state index >= 15 is 0 Å². The van der Waals surface area contributed by atoms with Crippen LogP contribution in [0.3, 0.4) is 0 Å². The number of aryl methyl sites for hydroxylation is 2. The van der Waals surface area contributed by atoms with E-state index in [2.05, 4.69) is 6.07 Å². The predicted octanol–water partition coefficient (Wildman–Crippen LogP) is 2.35. The molecule has 1 aromatic carbocycles. The van der Waals surface area contributed by atoms with Gasteiger partial charge in [0.05, 0.1) is 5.25 Å².